The first-order valence-electron chi connectivity index (χ1n) is 10.4. The largest absolute Gasteiger partial charge is 0.497 e. The highest BCUT2D eigenvalue weighted by molar-refractivity contribution is 7.92. The van der Waals surface area contributed by atoms with Crippen molar-refractivity contribution in [3.63, 3.8) is 0 Å². The van der Waals surface area contributed by atoms with E-state index in [1.54, 1.807) is 11.8 Å². The van der Waals surface area contributed by atoms with Crippen molar-refractivity contribution in [1.29, 1.82) is 0 Å². The molecule has 0 radical (unpaired) electrons. The fourth-order valence-corrected chi connectivity index (χ4v) is 4.72. The minimum absolute atomic E-state index is 0.0429. The van der Waals surface area contributed by atoms with Gasteiger partial charge in [-0.25, -0.2) is 17.8 Å². The number of halogens is 1. The summed E-state index contributed by atoms with van der Waals surface area (Å²) < 4.78 is 35.1. The lowest BCUT2D eigenvalue weighted by atomic mass is 10.0. The van der Waals surface area contributed by atoms with Gasteiger partial charge in [-0.3, -0.25) is 0 Å². The van der Waals surface area contributed by atoms with Gasteiger partial charge in [-0.1, -0.05) is 54.1 Å². The van der Waals surface area contributed by atoms with E-state index in [1.165, 1.54) is 24.3 Å². The average molecular weight is 494 g/mol. The number of hydrogen-bond donors (Lipinski definition) is 2. The van der Waals surface area contributed by atoms with Gasteiger partial charge in [-0.15, -0.1) is 5.10 Å². The van der Waals surface area contributed by atoms with E-state index in [0.717, 1.165) is 22.6 Å². The molecule has 0 bridgehead atoms. The topological polar surface area (TPSA) is 98.1 Å². The van der Waals surface area contributed by atoms with Crippen LogP contribution in [0.3, 0.4) is 0 Å². The maximum atomic E-state index is 12.8. The molecule has 0 amide bonds. The molecule has 5 rings (SSSR count). The Morgan fingerprint density at radius 2 is 1.71 bits per heavy atom. The lowest BCUT2D eigenvalue weighted by molar-refractivity contribution is 0.414. The molecule has 1 atom stereocenters. The number of anilines is 2. The van der Waals surface area contributed by atoms with Crippen molar-refractivity contribution in [3.05, 3.63) is 101 Å². The van der Waals surface area contributed by atoms with Crippen LogP contribution < -0.4 is 14.8 Å². The first kappa shape index (κ1) is 22.0. The molecule has 2 N–H and O–H groups in total. The molecule has 0 spiro atoms. The number of rotatable bonds is 6. The zero-order valence-corrected chi connectivity index (χ0v) is 19.6. The van der Waals surface area contributed by atoms with Gasteiger partial charge in [0.05, 0.1) is 12.0 Å². The van der Waals surface area contributed by atoms with Crippen LogP contribution in [0.4, 0.5) is 11.9 Å². The minimum atomic E-state index is -3.89. The van der Waals surface area contributed by atoms with Gasteiger partial charge >= 0.3 is 0 Å². The second-order valence-corrected chi connectivity index (χ2v) is 9.67. The molecular weight excluding hydrogens is 474 g/mol. The molecule has 0 aliphatic carbocycles. The Labute approximate surface area is 201 Å². The van der Waals surface area contributed by atoms with E-state index in [9.17, 15) is 8.42 Å². The average Bonchev–Trinajstić information content (AvgIpc) is 3.26. The summed E-state index contributed by atoms with van der Waals surface area (Å²) in [5.74, 6) is 1.11. The van der Waals surface area contributed by atoms with Crippen molar-refractivity contribution in [2.45, 2.75) is 10.9 Å². The summed E-state index contributed by atoms with van der Waals surface area (Å²) >= 11 is 5.88. The van der Waals surface area contributed by atoms with Crippen LogP contribution in [0.15, 0.2) is 89.8 Å². The molecule has 1 aliphatic rings. The van der Waals surface area contributed by atoms with E-state index in [-0.39, 0.29) is 16.9 Å². The SMILES string of the molecule is COc1ccc([C@@H]2C=C(c3ccccc3)Nc3nc(NS(=O)(=O)c4ccc(Cl)cc4)nn32)cc1. The van der Waals surface area contributed by atoms with E-state index < -0.39 is 10.0 Å². The van der Waals surface area contributed by atoms with Crippen molar-refractivity contribution in [3.8, 4) is 5.75 Å². The molecule has 2 heterocycles. The molecular formula is C24H20ClN5O3S. The summed E-state index contributed by atoms with van der Waals surface area (Å²) in [6, 6.07) is 23.0. The number of methoxy groups -OCH3 is 1. The number of nitrogens with zero attached hydrogens (tertiary/aromatic N) is 3. The lowest BCUT2D eigenvalue weighted by Gasteiger charge is -2.24. The maximum absolute atomic E-state index is 12.8. The number of nitrogens with one attached hydrogen (secondary N) is 2. The summed E-state index contributed by atoms with van der Waals surface area (Å²) in [6.45, 7) is 0. The van der Waals surface area contributed by atoms with Gasteiger partial charge in [0, 0.05) is 10.7 Å². The van der Waals surface area contributed by atoms with Gasteiger partial charge in [-0.05, 0) is 53.6 Å². The molecule has 10 heteroatoms. The number of aromatic nitrogens is 3. The second-order valence-electron chi connectivity index (χ2n) is 7.55. The fourth-order valence-electron chi connectivity index (χ4n) is 3.65. The monoisotopic (exact) mass is 493 g/mol. The Morgan fingerprint density at radius 1 is 1.00 bits per heavy atom. The molecule has 3 aromatic carbocycles. The highest BCUT2D eigenvalue weighted by Gasteiger charge is 2.27. The molecule has 0 unspecified atom stereocenters. The predicted octanol–water partition coefficient (Wildman–Crippen LogP) is 4.80. The Kier molecular flexibility index (Phi) is 5.72. The second kappa shape index (κ2) is 8.85. The lowest BCUT2D eigenvalue weighted by Crippen LogP contribution is -2.20. The molecule has 1 aliphatic heterocycles. The molecule has 34 heavy (non-hydrogen) atoms. The van der Waals surface area contributed by atoms with E-state index in [2.05, 4.69) is 20.1 Å². The van der Waals surface area contributed by atoms with Gasteiger partial charge in [0.2, 0.25) is 5.95 Å². The van der Waals surface area contributed by atoms with Crippen molar-refractivity contribution >= 4 is 39.2 Å². The minimum Gasteiger partial charge on any atom is -0.497 e. The van der Waals surface area contributed by atoms with Crippen LogP contribution in [0.2, 0.25) is 5.02 Å². The summed E-state index contributed by atoms with van der Waals surface area (Å²) in [7, 11) is -2.28. The first-order valence-corrected chi connectivity index (χ1v) is 12.2. The van der Waals surface area contributed by atoms with Crippen molar-refractivity contribution < 1.29 is 13.2 Å². The van der Waals surface area contributed by atoms with Gasteiger partial charge in [-0.2, -0.15) is 4.98 Å². The van der Waals surface area contributed by atoms with E-state index in [0.29, 0.717) is 11.0 Å². The molecule has 0 fully saturated rings. The number of benzene rings is 3. The molecule has 1 aromatic heterocycles. The van der Waals surface area contributed by atoms with Crippen molar-refractivity contribution in [2.24, 2.45) is 0 Å². The van der Waals surface area contributed by atoms with Crippen LogP contribution in [-0.2, 0) is 10.0 Å². The van der Waals surface area contributed by atoms with Crippen molar-refractivity contribution in [1.82, 2.24) is 14.8 Å². The standard InChI is InChI=1S/C24H20ClN5O3S/c1-33-19-11-7-17(8-12-19)22-15-21(16-5-3-2-4-6-16)26-24-27-23(28-30(22)24)29-34(31,32)20-13-9-18(25)10-14-20/h2-15,22H,1H3,(H2,26,27,28,29)/t22-/m0/s1. The highest BCUT2D eigenvalue weighted by atomic mass is 35.5. The summed E-state index contributed by atoms with van der Waals surface area (Å²) in [4.78, 5) is 4.49. The molecule has 8 nitrogen and oxygen atoms in total. The summed E-state index contributed by atoms with van der Waals surface area (Å²) in [5.41, 5.74) is 2.75. The number of hydrogen-bond acceptors (Lipinski definition) is 6. The molecule has 4 aromatic rings. The van der Waals surface area contributed by atoms with E-state index in [1.807, 2.05) is 60.7 Å². The van der Waals surface area contributed by atoms with Crippen LogP contribution in [0, 0.1) is 0 Å². The quantitative estimate of drug-likeness (QED) is 0.400. The molecule has 0 saturated carbocycles. The fraction of sp³-hybridized carbons (Fsp3) is 0.0833. The van der Waals surface area contributed by atoms with Crippen LogP contribution in [0.25, 0.3) is 5.70 Å². The van der Waals surface area contributed by atoms with Gasteiger partial charge < -0.3 is 10.1 Å². The van der Waals surface area contributed by atoms with Gasteiger partial charge in [0.1, 0.15) is 11.8 Å². The van der Waals surface area contributed by atoms with E-state index in [4.69, 9.17) is 16.3 Å². The predicted molar refractivity (Wildman–Crippen MR) is 131 cm³/mol. The van der Waals surface area contributed by atoms with Crippen LogP contribution >= 0.6 is 11.6 Å². The zero-order chi connectivity index (χ0) is 23.7. The number of ether oxygens (including phenoxy) is 1. The number of fused-ring (bicyclic) bond motifs is 1. The normalized spacial score (nSPS) is 15.1. The Bertz CT molecular complexity index is 1450. The Morgan fingerprint density at radius 3 is 2.38 bits per heavy atom. The smallest absolute Gasteiger partial charge is 0.264 e. The zero-order valence-electron chi connectivity index (χ0n) is 18.0. The van der Waals surface area contributed by atoms with Gasteiger partial charge in [0.15, 0.2) is 0 Å². The highest BCUT2D eigenvalue weighted by Crippen LogP contribution is 2.34. The number of sulfonamides is 1. The van der Waals surface area contributed by atoms with Crippen LogP contribution in [0.5, 0.6) is 5.75 Å². The first-order chi connectivity index (χ1) is 16.4. The number of allylic oxidation sites excluding steroid dienone is 1. The summed E-state index contributed by atoms with van der Waals surface area (Å²) in [5, 5.41) is 8.17. The molecule has 172 valence electrons. The Hall–Kier alpha value is -3.82. The van der Waals surface area contributed by atoms with Crippen LogP contribution in [-0.4, -0.2) is 30.3 Å². The summed E-state index contributed by atoms with van der Waals surface area (Å²) in [6.07, 6.45) is 2.02. The van der Waals surface area contributed by atoms with Gasteiger partial charge in [0.25, 0.3) is 16.0 Å². The third kappa shape index (κ3) is 4.35. The Balaban J connectivity index is 1.53. The van der Waals surface area contributed by atoms with Crippen LogP contribution in [0.1, 0.15) is 17.2 Å². The maximum Gasteiger partial charge on any atom is 0.264 e. The third-order valence-corrected chi connectivity index (χ3v) is 6.95. The third-order valence-electron chi connectivity index (χ3n) is 5.36. The van der Waals surface area contributed by atoms with E-state index >= 15 is 0 Å². The van der Waals surface area contributed by atoms with Crippen molar-refractivity contribution in [2.75, 3.05) is 17.1 Å². The molecule has 0 saturated heterocycles.